The Morgan fingerprint density at radius 3 is 2.89 bits per heavy atom. The molecule has 0 atom stereocenters. The Morgan fingerprint density at radius 1 is 1.67 bits per heavy atom. The van der Waals surface area contributed by atoms with Crippen molar-refractivity contribution in [2.45, 2.75) is 19.3 Å². The van der Waals surface area contributed by atoms with Gasteiger partial charge in [0, 0.05) is 19.8 Å². The van der Waals surface area contributed by atoms with Crippen LogP contribution in [0.25, 0.3) is 0 Å². The van der Waals surface area contributed by atoms with E-state index >= 15 is 0 Å². The zero-order chi connectivity index (χ0) is 13.1. The fourth-order valence-electron chi connectivity index (χ4n) is 2.03. The van der Waals surface area contributed by atoms with Crippen molar-refractivity contribution in [3.05, 3.63) is 22.8 Å². The molecule has 1 saturated carbocycles. The van der Waals surface area contributed by atoms with Gasteiger partial charge in [0.25, 0.3) is 5.91 Å². The Morgan fingerprint density at radius 2 is 2.39 bits per heavy atom. The first kappa shape index (κ1) is 13.1. The van der Waals surface area contributed by atoms with Crippen LogP contribution in [-0.2, 0) is 0 Å². The maximum absolute atomic E-state index is 12.1. The maximum atomic E-state index is 12.1. The molecule has 0 radical (unpaired) electrons. The van der Waals surface area contributed by atoms with Gasteiger partial charge >= 0.3 is 0 Å². The highest BCUT2D eigenvalue weighted by molar-refractivity contribution is 6.33. The lowest BCUT2D eigenvalue weighted by atomic mass is 9.85. The maximum Gasteiger partial charge on any atom is 0.255 e. The second-order valence-corrected chi connectivity index (χ2v) is 5.09. The SMILES string of the molecule is CN(CC1CCC1)C(=O)c1cnc(NN)c(Cl)c1. The number of aromatic nitrogens is 1. The molecule has 1 aromatic heterocycles. The number of nitrogen functional groups attached to an aromatic ring is 1. The summed E-state index contributed by atoms with van der Waals surface area (Å²) >= 11 is 5.95. The number of carbonyl (C=O) groups excluding carboxylic acids is 1. The van der Waals surface area contributed by atoms with Crippen molar-refractivity contribution < 1.29 is 4.79 Å². The van der Waals surface area contributed by atoms with Crippen molar-refractivity contribution in [3.8, 4) is 0 Å². The van der Waals surface area contributed by atoms with Crippen molar-refractivity contribution in [1.82, 2.24) is 9.88 Å². The molecule has 0 unspecified atom stereocenters. The number of hydrogen-bond donors (Lipinski definition) is 2. The number of pyridine rings is 1. The van der Waals surface area contributed by atoms with E-state index < -0.39 is 0 Å². The first-order valence-electron chi connectivity index (χ1n) is 5.99. The molecule has 1 aliphatic carbocycles. The highest BCUT2D eigenvalue weighted by atomic mass is 35.5. The lowest BCUT2D eigenvalue weighted by molar-refractivity contribution is 0.0745. The predicted octanol–water partition coefficient (Wildman–Crippen LogP) is 1.89. The standard InChI is InChI=1S/C12H17ClN4O/c1-17(7-8-3-2-4-8)12(18)9-5-10(13)11(16-14)15-6-9/h5-6,8H,2-4,7,14H2,1H3,(H,15,16). The van der Waals surface area contributed by atoms with E-state index in [0.717, 1.165) is 6.54 Å². The number of hydrazine groups is 1. The topological polar surface area (TPSA) is 71.2 Å². The molecule has 1 aliphatic rings. The van der Waals surface area contributed by atoms with Crippen LogP contribution in [-0.4, -0.2) is 29.4 Å². The number of anilines is 1. The number of halogens is 1. The molecular weight excluding hydrogens is 252 g/mol. The third-order valence-corrected chi connectivity index (χ3v) is 3.62. The van der Waals surface area contributed by atoms with Gasteiger partial charge in [-0.3, -0.25) is 4.79 Å². The third-order valence-electron chi connectivity index (χ3n) is 3.33. The van der Waals surface area contributed by atoms with Gasteiger partial charge in [0.2, 0.25) is 0 Å². The Balaban J connectivity index is 2.05. The monoisotopic (exact) mass is 268 g/mol. The first-order valence-corrected chi connectivity index (χ1v) is 6.37. The van der Waals surface area contributed by atoms with Gasteiger partial charge in [0.05, 0.1) is 10.6 Å². The van der Waals surface area contributed by atoms with Crippen molar-refractivity contribution >= 4 is 23.3 Å². The lowest BCUT2D eigenvalue weighted by Crippen LogP contribution is -2.34. The van der Waals surface area contributed by atoms with Gasteiger partial charge < -0.3 is 10.3 Å². The van der Waals surface area contributed by atoms with Crippen molar-refractivity contribution in [2.75, 3.05) is 19.0 Å². The number of amides is 1. The summed E-state index contributed by atoms with van der Waals surface area (Å²) < 4.78 is 0. The molecule has 0 aromatic carbocycles. The van der Waals surface area contributed by atoms with Crippen LogP contribution in [0.1, 0.15) is 29.6 Å². The van der Waals surface area contributed by atoms with Crippen molar-refractivity contribution in [2.24, 2.45) is 11.8 Å². The molecule has 1 heterocycles. The summed E-state index contributed by atoms with van der Waals surface area (Å²) in [6, 6.07) is 1.59. The first-order chi connectivity index (χ1) is 8.61. The quantitative estimate of drug-likeness (QED) is 0.646. The van der Waals surface area contributed by atoms with E-state index in [4.69, 9.17) is 17.4 Å². The Hall–Kier alpha value is -1.33. The number of rotatable bonds is 4. The van der Waals surface area contributed by atoms with Crippen molar-refractivity contribution in [3.63, 3.8) is 0 Å². The van der Waals surface area contributed by atoms with Gasteiger partial charge in [-0.1, -0.05) is 18.0 Å². The van der Waals surface area contributed by atoms with Gasteiger partial charge in [-0.05, 0) is 24.8 Å². The molecule has 1 aromatic rings. The fraction of sp³-hybridized carbons (Fsp3) is 0.500. The van der Waals surface area contributed by atoms with Gasteiger partial charge in [-0.25, -0.2) is 10.8 Å². The summed E-state index contributed by atoms with van der Waals surface area (Å²) in [7, 11) is 1.81. The molecule has 1 fully saturated rings. The van der Waals surface area contributed by atoms with Crippen LogP contribution in [0.5, 0.6) is 0 Å². The molecule has 98 valence electrons. The van der Waals surface area contributed by atoms with Gasteiger partial charge in [-0.2, -0.15) is 0 Å². The zero-order valence-electron chi connectivity index (χ0n) is 10.3. The molecule has 6 heteroatoms. The molecule has 0 bridgehead atoms. The van der Waals surface area contributed by atoms with Crippen LogP contribution in [0.3, 0.4) is 0 Å². The highest BCUT2D eigenvalue weighted by Crippen LogP contribution is 2.27. The molecule has 2 rings (SSSR count). The van der Waals surface area contributed by atoms with Crippen LogP contribution in [0.15, 0.2) is 12.3 Å². The number of nitrogens with two attached hydrogens (primary N) is 1. The Bertz CT molecular complexity index is 448. The van der Waals surface area contributed by atoms with E-state index in [0.29, 0.717) is 22.3 Å². The van der Waals surface area contributed by atoms with Crippen molar-refractivity contribution in [1.29, 1.82) is 0 Å². The summed E-state index contributed by atoms with van der Waals surface area (Å²) in [5, 5.41) is 0.348. The number of nitrogens with one attached hydrogen (secondary N) is 1. The molecular formula is C12H17ClN4O. The minimum atomic E-state index is -0.0557. The minimum Gasteiger partial charge on any atom is -0.341 e. The summed E-state index contributed by atoms with van der Waals surface area (Å²) in [5.41, 5.74) is 2.86. The average molecular weight is 269 g/mol. The molecule has 5 nitrogen and oxygen atoms in total. The van der Waals surface area contributed by atoms with E-state index in [1.54, 1.807) is 11.0 Å². The zero-order valence-corrected chi connectivity index (χ0v) is 11.1. The van der Waals surface area contributed by atoms with Gasteiger partial charge in [0.15, 0.2) is 5.82 Å². The van der Waals surface area contributed by atoms with Gasteiger partial charge in [-0.15, -0.1) is 0 Å². The van der Waals surface area contributed by atoms with Crippen LogP contribution in [0.2, 0.25) is 5.02 Å². The summed E-state index contributed by atoms with van der Waals surface area (Å²) in [6.07, 6.45) is 5.19. The molecule has 0 aliphatic heterocycles. The molecule has 0 spiro atoms. The van der Waals surface area contributed by atoms with Crippen LogP contribution >= 0.6 is 11.6 Å². The second kappa shape index (κ2) is 5.54. The average Bonchev–Trinajstić information content (AvgIpc) is 2.32. The number of nitrogens with zero attached hydrogens (tertiary/aromatic N) is 2. The highest BCUT2D eigenvalue weighted by Gasteiger charge is 2.22. The molecule has 1 amide bonds. The van der Waals surface area contributed by atoms with Crippen LogP contribution in [0, 0.1) is 5.92 Å². The van der Waals surface area contributed by atoms with E-state index in [1.165, 1.54) is 25.5 Å². The molecule has 0 saturated heterocycles. The Labute approximate surface area is 111 Å². The predicted molar refractivity (Wildman–Crippen MR) is 71.4 cm³/mol. The summed E-state index contributed by atoms with van der Waals surface area (Å²) in [6.45, 7) is 0.799. The second-order valence-electron chi connectivity index (χ2n) is 4.68. The Kier molecular flexibility index (Phi) is 4.04. The van der Waals surface area contributed by atoms with Gasteiger partial charge in [0.1, 0.15) is 0 Å². The van der Waals surface area contributed by atoms with E-state index in [1.807, 2.05) is 7.05 Å². The van der Waals surface area contributed by atoms with Crippen LogP contribution in [0.4, 0.5) is 5.82 Å². The normalized spacial score (nSPS) is 15.1. The lowest BCUT2D eigenvalue weighted by Gasteiger charge is -2.30. The molecule has 18 heavy (non-hydrogen) atoms. The summed E-state index contributed by atoms with van der Waals surface area (Å²) in [4.78, 5) is 17.9. The van der Waals surface area contributed by atoms with E-state index in [9.17, 15) is 4.79 Å². The fourth-order valence-corrected chi connectivity index (χ4v) is 2.25. The number of carbonyl (C=O) groups is 1. The summed E-state index contributed by atoms with van der Waals surface area (Å²) in [5.74, 6) is 6.20. The number of hydrogen-bond acceptors (Lipinski definition) is 4. The largest absolute Gasteiger partial charge is 0.341 e. The van der Waals surface area contributed by atoms with E-state index in [2.05, 4.69) is 10.4 Å². The van der Waals surface area contributed by atoms with E-state index in [-0.39, 0.29) is 5.91 Å². The smallest absolute Gasteiger partial charge is 0.255 e. The third kappa shape index (κ3) is 2.73. The molecule has 3 N–H and O–H groups in total. The minimum absolute atomic E-state index is 0.0557. The van der Waals surface area contributed by atoms with Crippen LogP contribution < -0.4 is 11.3 Å².